The maximum absolute atomic E-state index is 12.0. The molecule has 1 atom stereocenters. The number of aromatic amines is 1. The van der Waals surface area contributed by atoms with E-state index in [0.29, 0.717) is 11.6 Å². The lowest BCUT2D eigenvalue weighted by Gasteiger charge is -2.20. The van der Waals surface area contributed by atoms with E-state index in [9.17, 15) is 14.4 Å². The number of thioether (sulfide) groups is 1. The van der Waals surface area contributed by atoms with Crippen molar-refractivity contribution in [3.8, 4) is 0 Å². The molecule has 1 fully saturated rings. The lowest BCUT2D eigenvalue weighted by Crippen LogP contribution is -2.42. The highest BCUT2D eigenvalue weighted by Crippen LogP contribution is 2.22. The van der Waals surface area contributed by atoms with Crippen molar-refractivity contribution >= 4 is 23.6 Å². The maximum atomic E-state index is 12.0. The zero-order valence-electron chi connectivity index (χ0n) is 8.75. The fourth-order valence-electron chi connectivity index (χ4n) is 1.59. The van der Waals surface area contributed by atoms with Gasteiger partial charge >= 0.3 is 5.97 Å². The molecule has 2 heterocycles. The van der Waals surface area contributed by atoms with Gasteiger partial charge in [0.2, 0.25) is 5.56 Å². The lowest BCUT2D eigenvalue weighted by atomic mass is 10.2. The van der Waals surface area contributed by atoms with E-state index >= 15 is 0 Å². The van der Waals surface area contributed by atoms with E-state index in [0.717, 1.165) is 0 Å². The minimum absolute atomic E-state index is 0.211. The molecule has 0 aromatic carbocycles. The molecule has 0 unspecified atom stereocenters. The third-order valence-electron chi connectivity index (χ3n) is 2.45. The Bertz CT molecular complexity index is 513. The van der Waals surface area contributed by atoms with E-state index in [4.69, 9.17) is 5.11 Å². The first-order valence-electron chi connectivity index (χ1n) is 4.90. The topological polar surface area (TPSA) is 90.5 Å². The van der Waals surface area contributed by atoms with Crippen LogP contribution in [0.5, 0.6) is 0 Å². The molecule has 2 N–H and O–H groups in total. The van der Waals surface area contributed by atoms with Gasteiger partial charge in [-0.15, -0.1) is 11.8 Å². The minimum atomic E-state index is -1.02. The number of nitrogens with zero attached hydrogens (tertiary/aromatic N) is 1. The van der Waals surface area contributed by atoms with Crippen molar-refractivity contribution < 1.29 is 14.7 Å². The molecule has 6 nitrogen and oxygen atoms in total. The van der Waals surface area contributed by atoms with E-state index < -0.39 is 17.9 Å². The minimum Gasteiger partial charge on any atom is -0.480 e. The molecule has 0 saturated carbocycles. The highest BCUT2D eigenvalue weighted by molar-refractivity contribution is 7.99. The number of carboxylic acid groups (broad SMARTS) is 1. The summed E-state index contributed by atoms with van der Waals surface area (Å²) < 4.78 is 0. The molecule has 7 heteroatoms. The second-order valence-corrected chi connectivity index (χ2v) is 4.57. The molecule has 17 heavy (non-hydrogen) atoms. The van der Waals surface area contributed by atoms with Crippen molar-refractivity contribution in [3.05, 3.63) is 34.2 Å². The fourth-order valence-corrected chi connectivity index (χ4v) is 2.74. The molecule has 90 valence electrons. The van der Waals surface area contributed by atoms with Crippen LogP contribution in [0.1, 0.15) is 10.4 Å². The Morgan fingerprint density at radius 3 is 2.94 bits per heavy atom. The summed E-state index contributed by atoms with van der Waals surface area (Å²) in [5.41, 5.74) is -0.169. The summed E-state index contributed by atoms with van der Waals surface area (Å²) in [5.74, 6) is -0.728. The number of carbonyl (C=O) groups excluding carboxylic acids is 1. The predicted molar refractivity (Wildman–Crippen MR) is 62.0 cm³/mol. The molecule has 1 aliphatic rings. The summed E-state index contributed by atoms with van der Waals surface area (Å²) in [6.45, 7) is 0. The molecule has 0 aliphatic carbocycles. The second kappa shape index (κ2) is 4.62. The van der Waals surface area contributed by atoms with Gasteiger partial charge in [0, 0.05) is 23.6 Å². The molecular weight excluding hydrogens is 244 g/mol. The Labute approximate surface area is 101 Å². The average Bonchev–Trinajstić information content (AvgIpc) is 2.77. The van der Waals surface area contributed by atoms with Crippen LogP contribution in [0.2, 0.25) is 0 Å². The molecule has 0 radical (unpaired) electrons. The third-order valence-corrected chi connectivity index (χ3v) is 3.46. The fraction of sp³-hybridized carbons (Fsp3) is 0.300. The van der Waals surface area contributed by atoms with Crippen molar-refractivity contribution in [1.82, 2.24) is 9.88 Å². The SMILES string of the molecule is O=C(O)[C@@H]1CSCN1C(=O)c1cc[nH]c(=O)c1. The third kappa shape index (κ3) is 2.33. The van der Waals surface area contributed by atoms with Crippen molar-refractivity contribution in [2.45, 2.75) is 6.04 Å². The Balaban J connectivity index is 2.26. The predicted octanol–water partition coefficient (Wildman–Crippen LogP) is -0.0254. The van der Waals surface area contributed by atoms with E-state index in [2.05, 4.69) is 4.98 Å². The first-order chi connectivity index (χ1) is 8.09. The number of carbonyl (C=O) groups is 2. The Hall–Kier alpha value is -1.76. The van der Waals surface area contributed by atoms with Gasteiger partial charge in [-0.25, -0.2) is 4.79 Å². The number of amides is 1. The summed E-state index contributed by atoms with van der Waals surface area (Å²) in [6.07, 6.45) is 1.37. The van der Waals surface area contributed by atoms with Gasteiger partial charge in [-0.1, -0.05) is 0 Å². The highest BCUT2D eigenvalue weighted by Gasteiger charge is 2.34. The zero-order chi connectivity index (χ0) is 12.4. The van der Waals surface area contributed by atoms with Gasteiger partial charge in [0.25, 0.3) is 5.91 Å². The van der Waals surface area contributed by atoms with Crippen LogP contribution in [-0.2, 0) is 4.79 Å². The number of rotatable bonds is 2. The number of nitrogens with one attached hydrogen (secondary N) is 1. The number of H-pyrrole nitrogens is 1. The van der Waals surface area contributed by atoms with Crippen LogP contribution in [0.15, 0.2) is 23.1 Å². The van der Waals surface area contributed by atoms with Gasteiger partial charge in [-0.05, 0) is 6.07 Å². The van der Waals surface area contributed by atoms with Crippen LogP contribution in [0.4, 0.5) is 0 Å². The van der Waals surface area contributed by atoms with Gasteiger partial charge in [0.1, 0.15) is 6.04 Å². The normalized spacial score (nSPS) is 19.3. The quantitative estimate of drug-likeness (QED) is 0.773. The van der Waals surface area contributed by atoms with Crippen LogP contribution in [0.3, 0.4) is 0 Å². The monoisotopic (exact) mass is 254 g/mol. The molecular formula is C10H10N2O4S. The maximum Gasteiger partial charge on any atom is 0.327 e. The summed E-state index contributed by atoms with van der Waals surface area (Å²) in [5, 5.41) is 8.96. The van der Waals surface area contributed by atoms with E-state index in [1.165, 1.54) is 35.0 Å². The highest BCUT2D eigenvalue weighted by atomic mass is 32.2. The molecule has 1 saturated heterocycles. The van der Waals surface area contributed by atoms with E-state index in [1.807, 2.05) is 0 Å². The summed E-state index contributed by atoms with van der Waals surface area (Å²) >= 11 is 1.38. The molecule has 1 aliphatic heterocycles. The van der Waals surface area contributed by atoms with Crippen molar-refractivity contribution in [1.29, 1.82) is 0 Å². The van der Waals surface area contributed by atoms with Crippen LogP contribution in [0.25, 0.3) is 0 Å². The smallest absolute Gasteiger partial charge is 0.327 e. The Kier molecular flexibility index (Phi) is 3.19. The van der Waals surface area contributed by atoms with Gasteiger partial charge in [-0.2, -0.15) is 0 Å². The van der Waals surface area contributed by atoms with E-state index in [-0.39, 0.29) is 11.1 Å². The average molecular weight is 254 g/mol. The van der Waals surface area contributed by atoms with Crippen LogP contribution in [-0.4, -0.2) is 44.5 Å². The molecule has 1 aromatic rings. The van der Waals surface area contributed by atoms with Crippen LogP contribution < -0.4 is 5.56 Å². The summed E-state index contributed by atoms with van der Waals surface area (Å²) in [7, 11) is 0. The van der Waals surface area contributed by atoms with Crippen LogP contribution in [0, 0.1) is 0 Å². The van der Waals surface area contributed by atoms with Gasteiger partial charge in [0.05, 0.1) is 5.88 Å². The molecule has 1 aromatic heterocycles. The number of aliphatic carboxylic acids is 1. The second-order valence-electron chi connectivity index (χ2n) is 3.57. The summed E-state index contributed by atoms with van der Waals surface area (Å²) in [4.78, 5) is 37.7. The number of pyridine rings is 1. The largest absolute Gasteiger partial charge is 0.480 e. The van der Waals surface area contributed by atoms with Crippen LogP contribution >= 0.6 is 11.8 Å². The molecule has 2 rings (SSSR count). The van der Waals surface area contributed by atoms with Gasteiger partial charge in [0.15, 0.2) is 0 Å². The first-order valence-corrected chi connectivity index (χ1v) is 6.05. The standard InChI is InChI=1S/C10H10N2O4S/c13-8-3-6(1-2-11-8)9(14)12-5-17-4-7(12)10(15)16/h1-3,7H,4-5H2,(H,11,13)(H,15,16)/t7-/m0/s1. The van der Waals surface area contributed by atoms with E-state index in [1.54, 1.807) is 0 Å². The van der Waals surface area contributed by atoms with Gasteiger partial charge in [-0.3, -0.25) is 9.59 Å². The van der Waals surface area contributed by atoms with Gasteiger partial charge < -0.3 is 15.0 Å². The number of hydrogen-bond acceptors (Lipinski definition) is 4. The van der Waals surface area contributed by atoms with Crippen molar-refractivity contribution in [2.24, 2.45) is 0 Å². The van der Waals surface area contributed by atoms with Crippen molar-refractivity contribution in [2.75, 3.05) is 11.6 Å². The Morgan fingerprint density at radius 1 is 1.53 bits per heavy atom. The number of hydrogen-bond donors (Lipinski definition) is 2. The first kappa shape index (κ1) is 11.7. The number of carboxylic acids is 1. The molecule has 1 amide bonds. The molecule has 0 spiro atoms. The Morgan fingerprint density at radius 2 is 2.29 bits per heavy atom. The summed E-state index contributed by atoms with van der Waals surface area (Å²) in [6, 6.07) is 1.82. The van der Waals surface area contributed by atoms with Crippen molar-refractivity contribution in [3.63, 3.8) is 0 Å². The lowest BCUT2D eigenvalue weighted by molar-refractivity contribution is -0.140. The zero-order valence-corrected chi connectivity index (χ0v) is 9.57. The molecule has 0 bridgehead atoms. The number of aromatic nitrogens is 1.